The Morgan fingerprint density at radius 1 is 1.44 bits per heavy atom. The van der Waals surface area contributed by atoms with Crippen molar-refractivity contribution in [1.82, 2.24) is 9.97 Å². The van der Waals surface area contributed by atoms with Crippen LogP contribution in [0.5, 0.6) is 0 Å². The number of primary amides is 1. The molecule has 0 radical (unpaired) electrons. The number of carbonyl (C=O) groups excluding carboxylic acids is 1. The Morgan fingerprint density at radius 3 is 2.69 bits per heavy atom. The van der Waals surface area contributed by atoms with Crippen molar-refractivity contribution in [3.63, 3.8) is 0 Å². The number of aryl methyl sites for hydroxylation is 1. The van der Waals surface area contributed by atoms with Gasteiger partial charge in [0, 0.05) is 11.3 Å². The van der Waals surface area contributed by atoms with E-state index in [9.17, 15) is 4.79 Å². The van der Waals surface area contributed by atoms with Gasteiger partial charge in [0.25, 0.3) is 5.91 Å². The number of nitrogens with zero attached hydrogens (tertiary/aromatic N) is 1. The molecule has 0 bridgehead atoms. The van der Waals surface area contributed by atoms with Gasteiger partial charge in [-0.1, -0.05) is 29.8 Å². The number of amides is 1. The van der Waals surface area contributed by atoms with Gasteiger partial charge in [0.05, 0.1) is 10.7 Å². The molecule has 5 heteroatoms. The molecular formula is C11H10ClN3O. The maximum absolute atomic E-state index is 11.0. The monoisotopic (exact) mass is 235 g/mol. The number of nitrogens with two attached hydrogens (primary N) is 1. The number of aromatic nitrogens is 2. The summed E-state index contributed by atoms with van der Waals surface area (Å²) in [5, 5.41) is 0.591. The summed E-state index contributed by atoms with van der Waals surface area (Å²) < 4.78 is 0. The van der Waals surface area contributed by atoms with Crippen molar-refractivity contribution in [2.45, 2.75) is 6.92 Å². The lowest BCUT2D eigenvalue weighted by Crippen LogP contribution is -2.12. The minimum atomic E-state index is -0.582. The molecule has 0 fully saturated rings. The molecule has 3 N–H and O–H groups in total. The first-order valence-corrected chi connectivity index (χ1v) is 5.08. The van der Waals surface area contributed by atoms with E-state index in [1.165, 1.54) is 0 Å². The van der Waals surface area contributed by atoms with Crippen molar-refractivity contribution >= 4 is 17.5 Å². The Hall–Kier alpha value is -1.81. The molecule has 0 spiro atoms. The normalized spacial score (nSPS) is 10.4. The largest absolute Gasteiger partial charge is 0.363 e. The smallest absolute Gasteiger partial charge is 0.284 e. The Morgan fingerprint density at radius 2 is 2.12 bits per heavy atom. The van der Waals surface area contributed by atoms with Gasteiger partial charge in [0.2, 0.25) is 0 Å². The van der Waals surface area contributed by atoms with E-state index in [1.807, 2.05) is 25.1 Å². The summed E-state index contributed by atoms with van der Waals surface area (Å²) >= 11 is 6.05. The number of hydrogen-bond acceptors (Lipinski definition) is 2. The second-order valence-electron chi connectivity index (χ2n) is 3.40. The highest BCUT2D eigenvalue weighted by molar-refractivity contribution is 6.33. The minimum Gasteiger partial charge on any atom is -0.363 e. The van der Waals surface area contributed by atoms with Gasteiger partial charge in [-0.25, -0.2) is 4.98 Å². The van der Waals surface area contributed by atoms with Crippen LogP contribution in [0, 0.1) is 6.92 Å². The second-order valence-corrected chi connectivity index (χ2v) is 3.81. The zero-order valence-corrected chi connectivity index (χ0v) is 9.38. The summed E-state index contributed by atoms with van der Waals surface area (Å²) in [6.07, 6.45) is 0. The maximum atomic E-state index is 11.0. The second kappa shape index (κ2) is 3.98. The van der Waals surface area contributed by atoms with Crippen LogP contribution >= 0.6 is 11.6 Å². The molecule has 1 aromatic heterocycles. The summed E-state index contributed by atoms with van der Waals surface area (Å²) in [6, 6.07) is 7.31. The number of imidazole rings is 1. The molecule has 16 heavy (non-hydrogen) atoms. The van der Waals surface area contributed by atoms with Gasteiger partial charge in [-0.15, -0.1) is 0 Å². The summed E-state index contributed by atoms with van der Waals surface area (Å²) in [6.45, 7) is 1.82. The topological polar surface area (TPSA) is 71.8 Å². The number of halogens is 1. The van der Waals surface area contributed by atoms with Gasteiger partial charge in [0.1, 0.15) is 0 Å². The maximum Gasteiger partial charge on any atom is 0.284 e. The third kappa shape index (κ3) is 1.79. The standard InChI is InChI=1S/C11H10ClN3O/c1-6-9(15-11(14-6)10(13)16)7-4-2-3-5-8(7)12/h2-5H,1H3,(H2,13,16)(H,14,15). The SMILES string of the molecule is Cc1[nH]c(C(N)=O)nc1-c1ccccc1Cl. The predicted octanol–water partition coefficient (Wildman–Crippen LogP) is 2.14. The van der Waals surface area contributed by atoms with Crippen molar-refractivity contribution in [3.05, 3.63) is 40.8 Å². The number of hydrogen-bond donors (Lipinski definition) is 2. The molecular weight excluding hydrogens is 226 g/mol. The lowest BCUT2D eigenvalue weighted by Gasteiger charge is -2.00. The van der Waals surface area contributed by atoms with Crippen LogP contribution in [0.25, 0.3) is 11.3 Å². The van der Waals surface area contributed by atoms with E-state index in [1.54, 1.807) is 6.07 Å². The van der Waals surface area contributed by atoms with Crippen LogP contribution in [0.4, 0.5) is 0 Å². The van der Waals surface area contributed by atoms with Crippen LogP contribution in [0.3, 0.4) is 0 Å². The molecule has 82 valence electrons. The van der Waals surface area contributed by atoms with Crippen molar-refractivity contribution in [1.29, 1.82) is 0 Å². The third-order valence-electron chi connectivity index (χ3n) is 2.25. The average Bonchev–Trinajstić information content (AvgIpc) is 2.61. The van der Waals surface area contributed by atoms with E-state index in [0.717, 1.165) is 11.3 Å². The summed E-state index contributed by atoms with van der Waals surface area (Å²) in [4.78, 5) is 17.9. The van der Waals surface area contributed by atoms with Crippen LogP contribution in [-0.4, -0.2) is 15.9 Å². The van der Waals surface area contributed by atoms with Gasteiger partial charge < -0.3 is 10.7 Å². The van der Waals surface area contributed by atoms with Gasteiger partial charge in [0.15, 0.2) is 5.82 Å². The Labute approximate surface area is 97.5 Å². The first-order chi connectivity index (χ1) is 7.59. The van der Waals surface area contributed by atoms with Crippen LogP contribution in [-0.2, 0) is 0 Å². The fourth-order valence-electron chi connectivity index (χ4n) is 1.49. The summed E-state index contributed by atoms with van der Waals surface area (Å²) in [5.74, 6) is -0.436. The number of H-pyrrole nitrogens is 1. The molecule has 0 aliphatic rings. The van der Waals surface area contributed by atoms with Crippen molar-refractivity contribution in [2.24, 2.45) is 5.73 Å². The van der Waals surface area contributed by atoms with Gasteiger partial charge in [-0.2, -0.15) is 0 Å². The van der Waals surface area contributed by atoms with E-state index in [0.29, 0.717) is 10.7 Å². The molecule has 1 heterocycles. The number of aromatic amines is 1. The van der Waals surface area contributed by atoms with Crippen LogP contribution in [0.2, 0.25) is 5.02 Å². The summed E-state index contributed by atoms with van der Waals surface area (Å²) in [7, 11) is 0. The molecule has 4 nitrogen and oxygen atoms in total. The highest BCUT2D eigenvalue weighted by atomic mass is 35.5. The Balaban J connectivity index is 2.57. The third-order valence-corrected chi connectivity index (χ3v) is 2.58. The Bertz CT molecular complexity index is 548. The zero-order chi connectivity index (χ0) is 11.7. The van der Waals surface area contributed by atoms with E-state index < -0.39 is 5.91 Å². The fourth-order valence-corrected chi connectivity index (χ4v) is 1.72. The van der Waals surface area contributed by atoms with Crippen molar-refractivity contribution in [3.8, 4) is 11.3 Å². The van der Waals surface area contributed by atoms with Gasteiger partial charge in [-0.3, -0.25) is 4.79 Å². The van der Waals surface area contributed by atoms with E-state index in [4.69, 9.17) is 17.3 Å². The molecule has 2 aromatic rings. The Kier molecular flexibility index (Phi) is 2.66. The highest BCUT2D eigenvalue weighted by Crippen LogP contribution is 2.28. The zero-order valence-electron chi connectivity index (χ0n) is 8.62. The fraction of sp³-hybridized carbons (Fsp3) is 0.0909. The number of nitrogens with one attached hydrogen (secondary N) is 1. The molecule has 0 aliphatic carbocycles. The molecule has 0 saturated carbocycles. The molecule has 1 aromatic carbocycles. The number of rotatable bonds is 2. The molecule has 1 amide bonds. The summed E-state index contributed by atoms with van der Waals surface area (Å²) in [5.41, 5.74) is 7.35. The van der Waals surface area contributed by atoms with Crippen molar-refractivity contribution in [2.75, 3.05) is 0 Å². The first kappa shape index (κ1) is 10.7. The number of benzene rings is 1. The van der Waals surface area contributed by atoms with Crippen LogP contribution in [0.1, 0.15) is 16.3 Å². The quantitative estimate of drug-likeness (QED) is 0.837. The van der Waals surface area contributed by atoms with Crippen LogP contribution < -0.4 is 5.73 Å². The molecule has 0 saturated heterocycles. The predicted molar refractivity (Wildman–Crippen MR) is 62.3 cm³/mol. The van der Waals surface area contributed by atoms with E-state index >= 15 is 0 Å². The molecule has 0 aliphatic heterocycles. The molecule has 0 unspecified atom stereocenters. The molecule has 0 atom stereocenters. The van der Waals surface area contributed by atoms with Crippen molar-refractivity contribution < 1.29 is 4.79 Å². The lowest BCUT2D eigenvalue weighted by molar-refractivity contribution is 0.0991. The number of carbonyl (C=O) groups is 1. The lowest BCUT2D eigenvalue weighted by atomic mass is 10.1. The van der Waals surface area contributed by atoms with Gasteiger partial charge >= 0.3 is 0 Å². The molecule has 2 rings (SSSR count). The minimum absolute atomic E-state index is 0.146. The highest BCUT2D eigenvalue weighted by Gasteiger charge is 2.13. The van der Waals surface area contributed by atoms with E-state index in [2.05, 4.69) is 9.97 Å². The van der Waals surface area contributed by atoms with Crippen LogP contribution in [0.15, 0.2) is 24.3 Å². The average molecular weight is 236 g/mol. The van der Waals surface area contributed by atoms with Gasteiger partial charge in [-0.05, 0) is 13.0 Å². The van der Waals surface area contributed by atoms with E-state index in [-0.39, 0.29) is 5.82 Å². The first-order valence-electron chi connectivity index (χ1n) is 4.71.